The topological polar surface area (TPSA) is 94.3 Å². The first-order valence-corrected chi connectivity index (χ1v) is 7.99. The summed E-state index contributed by atoms with van der Waals surface area (Å²) < 4.78 is 31.8. The number of nitrogens with one attached hydrogen (secondary N) is 1. The lowest BCUT2D eigenvalue weighted by atomic mass is 10.2. The molecule has 0 saturated carbocycles. The average Bonchev–Trinajstić information content (AvgIpc) is 2.48. The number of sulfonamides is 1. The van der Waals surface area contributed by atoms with Gasteiger partial charge in [-0.25, -0.2) is 8.42 Å². The number of aryl methyl sites for hydroxylation is 1. The molecule has 112 valence electrons. The summed E-state index contributed by atoms with van der Waals surface area (Å²) in [4.78, 5) is 4.10. The molecule has 0 bridgehead atoms. The molecular weight excluding hydrogens is 290 g/mol. The fraction of sp³-hybridized carbons (Fsp3) is 0.214. The molecular formula is C14H17N3O3S. The number of hydrogen-bond acceptors (Lipinski definition) is 5. The average molecular weight is 307 g/mol. The number of nitrogens with zero attached hydrogens (tertiary/aromatic N) is 1. The molecule has 0 amide bonds. The lowest BCUT2D eigenvalue weighted by Gasteiger charge is -2.12. The SMILES string of the molecule is COc1cc(N)ccc1NS(=O)(=O)CCc1ccccn1. The molecule has 0 fully saturated rings. The van der Waals surface area contributed by atoms with E-state index in [0.29, 0.717) is 23.5 Å². The van der Waals surface area contributed by atoms with Gasteiger partial charge in [0, 0.05) is 30.1 Å². The second-order valence-corrected chi connectivity index (χ2v) is 6.29. The Kier molecular flexibility index (Phi) is 4.64. The van der Waals surface area contributed by atoms with Gasteiger partial charge in [-0.2, -0.15) is 0 Å². The van der Waals surface area contributed by atoms with E-state index in [9.17, 15) is 8.42 Å². The Morgan fingerprint density at radius 1 is 1.29 bits per heavy atom. The Bertz CT molecular complexity index is 703. The van der Waals surface area contributed by atoms with Gasteiger partial charge in [0.15, 0.2) is 0 Å². The summed E-state index contributed by atoms with van der Waals surface area (Å²) in [6, 6.07) is 10.2. The van der Waals surface area contributed by atoms with E-state index in [2.05, 4.69) is 9.71 Å². The standard InChI is InChI=1S/C14H17N3O3S/c1-20-14-10-11(15)5-6-13(14)17-21(18,19)9-7-12-4-2-3-8-16-12/h2-6,8,10,17H,7,9,15H2,1H3. The summed E-state index contributed by atoms with van der Waals surface area (Å²) >= 11 is 0. The third-order valence-corrected chi connectivity index (χ3v) is 4.12. The number of benzene rings is 1. The largest absolute Gasteiger partial charge is 0.494 e. The number of rotatable bonds is 6. The van der Waals surface area contributed by atoms with Crippen LogP contribution in [0.1, 0.15) is 5.69 Å². The summed E-state index contributed by atoms with van der Waals surface area (Å²) in [5, 5.41) is 0. The van der Waals surface area contributed by atoms with Crippen molar-refractivity contribution in [3.05, 3.63) is 48.3 Å². The van der Waals surface area contributed by atoms with E-state index in [1.807, 2.05) is 6.07 Å². The lowest BCUT2D eigenvalue weighted by molar-refractivity contribution is 0.417. The van der Waals surface area contributed by atoms with Crippen molar-refractivity contribution in [2.75, 3.05) is 23.3 Å². The fourth-order valence-corrected chi connectivity index (χ4v) is 2.88. The van der Waals surface area contributed by atoms with Crippen molar-refractivity contribution < 1.29 is 13.2 Å². The van der Waals surface area contributed by atoms with E-state index in [1.54, 1.807) is 36.5 Å². The van der Waals surface area contributed by atoms with Gasteiger partial charge in [0.25, 0.3) is 0 Å². The third-order valence-electron chi connectivity index (χ3n) is 2.84. The van der Waals surface area contributed by atoms with Crippen LogP contribution in [0.3, 0.4) is 0 Å². The third kappa shape index (κ3) is 4.35. The van der Waals surface area contributed by atoms with Gasteiger partial charge in [-0.15, -0.1) is 0 Å². The van der Waals surface area contributed by atoms with E-state index in [0.717, 1.165) is 5.69 Å². The molecule has 0 spiro atoms. The molecule has 0 aliphatic rings. The Morgan fingerprint density at radius 3 is 2.76 bits per heavy atom. The van der Waals surface area contributed by atoms with Crippen LogP contribution in [0.4, 0.5) is 11.4 Å². The van der Waals surface area contributed by atoms with Crippen molar-refractivity contribution in [3.8, 4) is 5.75 Å². The van der Waals surface area contributed by atoms with Gasteiger partial charge in [0.2, 0.25) is 10.0 Å². The van der Waals surface area contributed by atoms with Crippen LogP contribution in [-0.4, -0.2) is 26.3 Å². The maximum absolute atomic E-state index is 12.1. The Labute approximate surface area is 124 Å². The molecule has 21 heavy (non-hydrogen) atoms. The zero-order chi connectivity index (χ0) is 15.3. The van der Waals surface area contributed by atoms with Crippen LogP contribution in [0.15, 0.2) is 42.6 Å². The molecule has 6 nitrogen and oxygen atoms in total. The van der Waals surface area contributed by atoms with E-state index in [1.165, 1.54) is 7.11 Å². The van der Waals surface area contributed by atoms with Crippen molar-refractivity contribution in [3.63, 3.8) is 0 Å². The minimum atomic E-state index is -3.49. The smallest absolute Gasteiger partial charge is 0.233 e. The van der Waals surface area contributed by atoms with Crippen LogP contribution in [0.2, 0.25) is 0 Å². The predicted molar refractivity (Wildman–Crippen MR) is 82.8 cm³/mol. The second kappa shape index (κ2) is 6.45. The number of nitrogen functional groups attached to an aromatic ring is 1. The highest BCUT2D eigenvalue weighted by atomic mass is 32.2. The van der Waals surface area contributed by atoms with Gasteiger partial charge in [-0.3, -0.25) is 9.71 Å². The van der Waals surface area contributed by atoms with Gasteiger partial charge in [-0.1, -0.05) is 6.07 Å². The van der Waals surface area contributed by atoms with Gasteiger partial charge in [-0.05, 0) is 24.3 Å². The Hall–Kier alpha value is -2.28. The van der Waals surface area contributed by atoms with Crippen molar-refractivity contribution in [1.29, 1.82) is 0 Å². The van der Waals surface area contributed by atoms with Crippen LogP contribution >= 0.6 is 0 Å². The number of aromatic nitrogens is 1. The number of ether oxygens (including phenoxy) is 1. The van der Waals surface area contributed by atoms with E-state index in [4.69, 9.17) is 10.5 Å². The van der Waals surface area contributed by atoms with Gasteiger partial charge in [0.1, 0.15) is 5.75 Å². The first kappa shape index (κ1) is 15.1. The summed E-state index contributed by atoms with van der Waals surface area (Å²) in [5.74, 6) is 0.328. The zero-order valence-electron chi connectivity index (χ0n) is 11.6. The fourth-order valence-electron chi connectivity index (χ4n) is 1.80. The van der Waals surface area contributed by atoms with Crippen molar-refractivity contribution in [1.82, 2.24) is 4.98 Å². The molecule has 7 heteroatoms. The van der Waals surface area contributed by atoms with Gasteiger partial charge < -0.3 is 10.5 Å². The summed E-state index contributed by atoms with van der Waals surface area (Å²) in [6.45, 7) is 0. The van der Waals surface area contributed by atoms with E-state index < -0.39 is 10.0 Å². The van der Waals surface area contributed by atoms with E-state index in [-0.39, 0.29) is 5.75 Å². The van der Waals surface area contributed by atoms with Crippen molar-refractivity contribution in [2.24, 2.45) is 0 Å². The molecule has 1 aromatic carbocycles. The molecule has 0 atom stereocenters. The molecule has 3 N–H and O–H groups in total. The van der Waals surface area contributed by atoms with Crippen LogP contribution in [0.25, 0.3) is 0 Å². The Balaban J connectivity index is 2.07. The number of pyridine rings is 1. The number of anilines is 2. The Morgan fingerprint density at radius 2 is 2.10 bits per heavy atom. The first-order valence-electron chi connectivity index (χ1n) is 6.34. The quantitative estimate of drug-likeness (QED) is 0.791. The molecule has 0 radical (unpaired) electrons. The number of hydrogen-bond donors (Lipinski definition) is 2. The van der Waals surface area contributed by atoms with Crippen LogP contribution in [0.5, 0.6) is 5.75 Å². The van der Waals surface area contributed by atoms with Crippen molar-refractivity contribution in [2.45, 2.75) is 6.42 Å². The van der Waals surface area contributed by atoms with Crippen LogP contribution < -0.4 is 15.2 Å². The predicted octanol–water partition coefficient (Wildman–Crippen LogP) is 1.66. The molecule has 1 aromatic heterocycles. The van der Waals surface area contributed by atoms with Crippen molar-refractivity contribution >= 4 is 21.4 Å². The molecule has 2 rings (SSSR count). The number of methoxy groups -OCH3 is 1. The molecule has 0 unspecified atom stereocenters. The normalized spacial score (nSPS) is 11.1. The maximum Gasteiger partial charge on any atom is 0.233 e. The van der Waals surface area contributed by atoms with Gasteiger partial charge in [0.05, 0.1) is 18.6 Å². The molecule has 2 aromatic rings. The highest BCUT2D eigenvalue weighted by Gasteiger charge is 2.14. The first-order chi connectivity index (χ1) is 10.00. The van der Waals surface area contributed by atoms with Crippen LogP contribution in [-0.2, 0) is 16.4 Å². The molecule has 0 aliphatic carbocycles. The molecule has 0 saturated heterocycles. The lowest BCUT2D eigenvalue weighted by Crippen LogP contribution is -2.19. The van der Waals surface area contributed by atoms with E-state index >= 15 is 0 Å². The van der Waals surface area contributed by atoms with Crippen LogP contribution in [0, 0.1) is 0 Å². The minimum Gasteiger partial charge on any atom is -0.494 e. The highest BCUT2D eigenvalue weighted by Crippen LogP contribution is 2.27. The highest BCUT2D eigenvalue weighted by molar-refractivity contribution is 7.92. The summed E-state index contributed by atoms with van der Waals surface area (Å²) in [5.41, 5.74) is 7.24. The molecule has 1 heterocycles. The minimum absolute atomic E-state index is 0.0580. The molecule has 0 aliphatic heterocycles. The summed E-state index contributed by atoms with van der Waals surface area (Å²) in [7, 11) is -2.03. The monoisotopic (exact) mass is 307 g/mol. The maximum atomic E-state index is 12.1. The summed E-state index contributed by atoms with van der Waals surface area (Å²) in [6.07, 6.45) is 1.98. The zero-order valence-corrected chi connectivity index (χ0v) is 12.4. The second-order valence-electron chi connectivity index (χ2n) is 4.45. The number of nitrogens with two attached hydrogens (primary N) is 1. The van der Waals surface area contributed by atoms with Gasteiger partial charge >= 0.3 is 0 Å².